The van der Waals surface area contributed by atoms with Crippen molar-refractivity contribution >= 4 is 11.8 Å². The molecule has 2 aliphatic rings. The van der Waals surface area contributed by atoms with Gasteiger partial charge >= 0.3 is 0 Å². The molecule has 4 heteroatoms. The summed E-state index contributed by atoms with van der Waals surface area (Å²) in [5, 5.41) is 0. The molecule has 15 heavy (non-hydrogen) atoms. The molecule has 0 bridgehead atoms. The van der Waals surface area contributed by atoms with Crippen LogP contribution in [0.25, 0.3) is 0 Å². The minimum Gasteiger partial charge on any atom is -0.454 e. The molecular weight excluding hydrogens is 212 g/mol. The summed E-state index contributed by atoms with van der Waals surface area (Å²) >= 11 is 1.84. The molecule has 1 fully saturated rings. The first-order valence-electron chi connectivity index (χ1n) is 5.06. The Labute approximate surface area is 92.7 Å². The lowest BCUT2D eigenvalue weighted by molar-refractivity contribution is 0.106. The lowest BCUT2D eigenvalue weighted by atomic mass is 10.2. The fourth-order valence-electron chi connectivity index (χ4n) is 1.74. The number of ether oxygens (including phenoxy) is 3. The second-order valence-corrected chi connectivity index (χ2v) is 4.71. The molecule has 2 aliphatic heterocycles. The molecule has 1 aromatic rings. The van der Waals surface area contributed by atoms with Crippen molar-refractivity contribution in [2.24, 2.45) is 0 Å². The number of rotatable bonds is 1. The number of benzene rings is 1. The highest BCUT2D eigenvalue weighted by Crippen LogP contribution is 2.39. The predicted molar refractivity (Wildman–Crippen MR) is 58.3 cm³/mol. The van der Waals surface area contributed by atoms with Crippen LogP contribution in [0.2, 0.25) is 0 Å². The van der Waals surface area contributed by atoms with Gasteiger partial charge in [-0.2, -0.15) is 0 Å². The quantitative estimate of drug-likeness (QED) is 0.732. The van der Waals surface area contributed by atoms with Crippen LogP contribution in [0.1, 0.15) is 17.4 Å². The van der Waals surface area contributed by atoms with Crippen molar-refractivity contribution in [3.63, 3.8) is 0 Å². The van der Waals surface area contributed by atoms with Gasteiger partial charge in [0.1, 0.15) is 5.44 Å². The average Bonchev–Trinajstić information content (AvgIpc) is 2.77. The zero-order valence-electron chi connectivity index (χ0n) is 8.27. The predicted octanol–water partition coefficient (Wildman–Crippen LogP) is 2.57. The van der Waals surface area contributed by atoms with Crippen LogP contribution in [0.15, 0.2) is 18.2 Å². The molecule has 0 saturated carbocycles. The Bertz CT molecular complexity index is 361. The van der Waals surface area contributed by atoms with E-state index >= 15 is 0 Å². The summed E-state index contributed by atoms with van der Waals surface area (Å²) in [5.74, 6) is 2.83. The van der Waals surface area contributed by atoms with Crippen molar-refractivity contribution in [2.45, 2.75) is 11.9 Å². The second-order valence-electron chi connectivity index (χ2n) is 3.54. The lowest BCUT2D eigenvalue weighted by Gasteiger charge is -2.22. The van der Waals surface area contributed by atoms with Gasteiger partial charge in [0.15, 0.2) is 11.5 Å². The topological polar surface area (TPSA) is 27.7 Å². The largest absolute Gasteiger partial charge is 0.454 e. The molecule has 0 spiro atoms. The van der Waals surface area contributed by atoms with Crippen molar-refractivity contribution in [3.05, 3.63) is 23.8 Å². The van der Waals surface area contributed by atoms with Crippen molar-refractivity contribution in [1.29, 1.82) is 0 Å². The summed E-state index contributed by atoms with van der Waals surface area (Å²) in [6, 6.07) is 6.03. The van der Waals surface area contributed by atoms with Gasteiger partial charge in [-0.1, -0.05) is 6.07 Å². The highest BCUT2D eigenvalue weighted by molar-refractivity contribution is 7.99. The first kappa shape index (κ1) is 9.36. The van der Waals surface area contributed by atoms with Crippen LogP contribution >= 0.6 is 11.8 Å². The standard InChI is InChI=1S/C11H12O3S/c1-4-12-11(15-5-1)8-2-3-9-10(6-8)14-7-13-9/h2-3,6,11H,1,4-5,7H2. The van der Waals surface area contributed by atoms with E-state index in [0.29, 0.717) is 6.79 Å². The minimum atomic E-state index is 0.160. The molecule has 3 nitrogen and oxygen atoms in total. The van der Waals surface area contributed by atoms with E-state index in [9.17, 15) is 0 Å². The summed E-state index contributed by atoms with van der Waals surface area (Å²) < 4.78 is 16.3. The van der Waals surface area contributed by atoms with Crippen LogP contribution in [0.3, 0.4) is 0 Å². The SMILES string of the molecule is c1cc2c(cc1C1OCCCS1)OCO2. The summed E-state index contributed by atoms with van der Waals surface area (Å²) in [6.07, 6.45) is 1.14. The minimum absolute atomic E-state index is 0.160. The van der Waals surface area contributed by atoms with Gasteiger partial charge in [-0.3, -0.25) is 0 Å². The first-order chi connectivity index (χ1) is 7.43. The Balaban J connectivity index is 1.85. The fourth-order valence-corrected chi connectivity index (χ4v) is 2.77. The molecular formula is C11H12O3S. The Kier molecular flexibility index (Phi) is 2.46. The smallest absolute Gasteiger partial charge is 0.231 e. The molecule has 0 amide bonds. The van der Waals surface area contributed by atoms with Crippen molar-refractivity contribution < 1.29 is 14.2 Å². The highest BCUT2D eigenvalue weighted by Gasteiger charge is 2.20. The fraction of sp³-hybridized carbons (Fsp3) is 0.455. The van der Waals surface area contributed by atoms with Gasteiger partial charge in [0.2, 0.25) is 6.79 Å². The van der Waals surface area contributed by atoms with Gasteiger partial charge < -0.3 is 14.2 Å². The molecule has 0 N–H and O–H groups in total. The maximum absolute atomic E-state index is 5.69. The molecule has 1 saturated heterocycles. The molecule has 2 heterocycles. The number of fused-ring (bicyclic) bond motifs is 1. The van der Waals surface area contributed by atoms with E-state index in [1.54, 1.807) is 0 Å². The second kappa shape index (κ2) is 3.94. The van der Waals surface area contributed by atoms with Crippen LogP contribution in [0, 0.1) is 0 Å². The van der Waals surface area contributed by atoms with Crippen molar-refractivity contribution in [3.8, 4) is 11.5 Å². The third kappa shape index (κ3) is 1.79. The van der Waals surface area contributed by atoms with Crippen LogP contribution in [-0.4, -0.2) is 19.2 Å². The van der Waals surface area contributed by atoms with Crippen molar-refractivity contribution in [2.75, 3.05) is 19.2 Å². The van der Waals surface area contributed by atoms with E-state index in [2.05, 4.69) is 6.07 Å². The van der Waals surface area contributed by atoms with Gasteiger partial charge in [0, 0.05) is 6.61 Å². The maximum Gasteiger partial charge on any atom is 0.231 e. The van der Waals surface area contributed by atoms with Gasteiger partial charge in [-0.25, -0.2) is 0 Å². The van der Waals surface area contributed by atoms with Gasteiger partial charge in [-0.05, 0) is 29.9 Å². The number of hydrogen-bond donors (Lipinski definition) is 0. The Morgan fingerprint density at radius 2 is 2.13 bits per heavy atom. The average molecular weight is 224 g/mol. The zero-order chi connectivity index (χ0) is 10.1. The molecule has 3 rings (SSSR count). The van der Waals surface area contributed by atoms with Gasteiger partial charge in [0.05, 0.1) is 0 Å². The van der Waals surface area contributed by atoms with Crippen LogP contribution in [0.5, 0.6) is 11.5 Å². The molecule has 1 atom stereocenters. The van der Waals surface area contributed by atoms with Crippen LogP contribution in [-0.2, 0) is 4.74 Å². The van der Waals surface area contributed by atoms with Crippen LogP contribution < -0.4 is 9.47 Å². The summed E-state index contributed by atoms with van der Waals surface area (Å²) in [4.78, 5) is 0. The Morgan fingerprint density at radius 3 is 3.00 bits per heavy atom. The van der Waals surface area contributed by atoms with E-state index in [-0.39, 0.29) is 5.44 Å². The summed E-state index contributed by atoms with van der Waals surface area (Å²) in [6.45, 7) is 1.18. The lowest BCUT2D eigenvalue weighted by Crippen LogP contribution is -2.09. The van der Waals surface area contributed by atoms with E-state index in [0.717, 1.165) is 24.5 Å². The third-order valence-electron chi connectivity index (χ3n) is 2.50. The zero-order valence-corrected chi connectivity index (χ0v) is 9.09. The van der Waals surface area contributed by atoms with E-state index in [1.165, 1.54) is 11.3 Å². The monoisotopic (exact) mass is 224 g/mol. The maximum atomic E-state index is 5.69. The molecule has 0 radical (unpaired) electrons. The Hall–Kier alpha value is -0.870. The van der Waals surface area contributed by atoms with E-state index in [4.69, 9.17) is 14.2 Å². The van der Waals surface area contributed by atoms with Crippen LogP contribution in [0.4, 0.5) is 0 Å². The number of thioether (sulfide) groups is 1. The molecule has 80 valence electrons. The number of hydrogen-bond acceptors (Lipinski definition) is 4. The molecule has 0 aliphatic carbocycles. The third-order valence-corrected chi connectivity index (χ3v) is 3.73. The first-order valence-corrected chi connectivity index (χ1v) is 6.11. The van der Waals surface area contributed by atoms with E-state index in [1.807, 2.05) is 23.9 Å². The highest BCUT2D eigenvalue weighted by atomic mass is 32.2. The summed E-state index contributed by atoms with van der Waals surface area (Å²) in [5.41, 5.74) is 1.33. The Morgan fingerprint density at radius 1 is 1.20 bits per heavy atom. The molecule has 1 aromatic carbocycles. The summed E-state index contributed by atoms with van der Waals surface area (Å²) in [7, 11) is 0. The molecule has 1 unspecified atom stereocenters. The van der Waals surface area contributed by atoms with Gasteiger partial charge in [0.25, 0.3) is 0 Å². The molecule has 0 aromatic heterocycles. The van der Waals surface area contributed by atoms with Crippen molar-refractivity contribution in [1.82, 2.24) is 0 Å². The van der Waals surface area contributed by atoms with E-state index < -0.39 is 0 Å². The normalized spacial score (nSPS) is 24.1. The van der Waals surface area contributed by atoms with Gasteiger partial charge in [-0.15, -0.1) is 11.8 Å².